The predicted octanol–water partition coefficient (Wildman–Crippen LogP) is 2.28. The van der Waals surface area contributed by atoms with Crippen molar-refractivity contribution in [3.63, 3.8) is 0 Å². The summed E-state index contributed by atoms with van der Waals surface area (Å²) in [6, 6.07) is 5.48. The van der Waals surface area contributed by atoms with Crippen LogP contribution in [0.3, 0.4) is 0 Å². The highest BCUT2D eigenvalue weighted by Gasteiger charge is 2.38. The van der Waals surface area contributed by atoms with E-state index in [9.17, 15) is 14.9 Å². The van der Waals surface area contributed by atoms with E-state index in [0.29, 0.717) is 12.1 Å². The monoisotopic (exact) mass is 289 g/mol. The SMILES string of the molecule is Cc1ccc(C2NCC(=O)N2C2CCCC2)cc1[N+](=O)[O-]. The van der Waals surface area contributed by atoms with Gasteiger partial charge in [0, 0.05) is 17.7 Å². The second-order valence-electron chi connectivity index (χ2n) is 5.83. The van der Waals surface area contributed by atoms with Crippen molar-refractivity contribution in [2.24, 2.45) is 0 Å². The van der Waals surface area contributed by atoms with Gasteiger partial charge in [-0.05, 0) is 25.3 Å². The third kappa shape index (κ3) is 2.51. The van der Waals surface area contributed by atoms with Crippen LogP contribution in [0.5, 0.6) is 0 Å². The number of rotatable bonds is 3. The summed E-state index contributed by atoms with van der Waals surface area (Å²) in [4.78, 5) is 24.8. The van der Waals surface area contributed by atoms with Crippen LogP contribution in [0.4, 0.5) is 5.69 Å². The van der Waals surface area contributed by atoms with Crippen molar-refractivity contribution in [1.82, 2.24) is 10.2 Å². The summed E-state index contributed by atoms with van der Waals surface area (Å²) >= 11 is 0. The van der Waals surface area contributed by atoms with Crippen LogP contribution in [0.25, 0.3) is 0 Å². The Kier molecular flexibility index (Phi) is 3.63. The van der Waals surface area contributed by atoms with E-state index in [4.69, 9.17) is 0 Å². The van der Waals surface area contributed by atoms with Gasteiger partial charge in [-0.2, -0.15) is 0 Å². The number of nitro benzene ring substituents is 1. The van der Waals surface area contributed by atoms with Crippen LogP contribution in [-0.2, 0) is 4.79 Å². The first-order chi connectivity index (χ1) is 10.1. The zero-order valence-electron chi connectivity index (χ0n) is 12.0. The van der Waals surface area contributed by atoms with Crippen LogP contribution in [-0.4, -0.2) is 28.3 Å². The highest BCUT2D eigenvalue weighted by atomic mass is 16.6. The number of benzene rings is 1. The lowest BCUT2D eigenvalue weighted by Crippen LogP contribution is -2.38. The Morgan fingerprint density at radius 3 is 2.71 bits per heavy atom. The molecule has 1 aliphatic carbocycles. The van der Waals surface area contributed by atoms with Gasteiger partial charge >= 0.3 is 0 Å². The highest BCUT2D eigenvalue weighted by Crippen LogP contribution is 2.34. The maximum absolute atomic E-state index is 12.2. The number of nitrogens with zero attached hydrogens (tertiary/aromatic N) is 2. The Morgan fingerprint density at radius 1 is 1.33 bits per heavy atom. The van der Waals surface area contributed by atoms with Crippen molar-refractivity contribution in [3.05, 3.63) is 39.4 Å². The Hall–Kier alpha value is -1.95. The molecule has 1 heterocycles. The summed E-state index contributed by atoms with van der Waals surface area (Å²) in [6.07, 6.45) is 4.11. The summed E-state index contributed by atoms with van der Waals surface area (Å²) in [7, 11) is 0. The van der Waals surface area contributed by atoms with E-state index in [0.717, 1.165) is 31.2 Å². The molecule has 1 aromatic carbocycles. The van der Waals surface area contributed by atoms with Gasteiger partial charge in [0.25, 0.3) is 5.69 Å². The molecule has 0 spiro atoms. The van der Waals surface area contributed by atoms with Crippen molar-refractivity contribution in [3.8, 4) is 0 Å². The van der Waals surface area contributed by atoms with Crippen LogP contribution in [0, 0.1) is 17.0 Å². The van der Waals surface area contributed by atoms with E-state index < -0.39 is 0 Å². The molecule has 2 fully saturated rings. The van der Waals surface area contributed by atoms with Crippen molar-refractivity contribution >= 4 is 11.6 Å². The minimum Gasteiger partial charge on any atom is -0.319 e. The molecule has 1 atom stereocenters. The van der Waals surface area contributed by atoms with Gasteiger partial charge in [-0.15, -0.1) is 0 Å². The van der Waals surface area contributed by atoms with Gasteiger partial charge in [-0.1, -0.05) is 25.0 Å². The number of carbonyl (C=O) groups excluding carboxylic acids is 1. The fraction of sp³-hybridized carbons (Fsp3) is 0.533. The summed E-state index contributed by atoms with van der Waals surface area (Å²) < 4.78 is 0. The minimum atomic E-state index is -0.366. The molecule has 1 amide bonds. The average molecular weight is 289 g/mol. The first-order valence-corrected chi connectivity index (χ1v) is 7.37. The second-order valence-corrected chi connectivity index (χ2v) is 5.83. The number of aryl methyl sites for hydroxylation is 1. The lowest BCUT2D eigenvalue weighted by Gasteiger charge is -2.30. The van der Waals surface area contributed by atoms with Crippen LogP contribution >= 0.6 is 0 Å². The Balaban J connectivity index is 1.93. The zero-order chi connectivity index (χ0) is 15.0. The number of nitrogens with one attached hydrogen (secondary N) is 1. The van der Waals surface area contributed by atoms with Gasteiger partial charge in [0.1, 0.15) is 6.17 Å². The first kappa shape index (κ1) is 14.0. The molecule has 0 aromatic heterocycles. The van der Waals surface area contributed by atoms with Crippen LogP contribution in [0.15, 0.2) is 18.2 Å². The largest absolute Gasteiger partial charge is 0.319 e. The second kappa shape index (κ2) is 5.44. The fourth-order valence-corrected chi connectivity index (χ4v) is 3.39. The lowest BCUT2D eigenvalue weighted by molar-refractivity contribution is -0.385. The van der Waals surface area contributed by atoms with E-state index in [1.165, 1.54) is 0 Å². The van der Waals surface area contributed by atoms with Gasteiger partial charge in [0.2, 0.25) is 5.91 Å². The van der Waals surface area contributed by atoms with Gasteiger partial charge in [0.05, 0.1) is 11.5 Å². The molecule has 0 bridgehead atoms. The molecule has 1 aromatic rings. The maximum atomic E-state index is 12.2. The maximum Gasteiger partial charge on any atom is 0.272 e. The third-order valence-corrected chi connectivity index (χ3v) is 4.48. The van der Waals surface area contributed by atoms with Crippen molar-refractivity contribution in [2.45, 2.75) is 44.8 Å². The summed E-state index contributed by atoms with van der Waals surface area (Å²) in [5.41, 5.74) is 1.55. The van der Waals surface area contributed by atoms with E-state index in [1.54, 1.807) is 19.1 Å². The lowest BCUT2D eigenvalue weighted by atomic mass is 10.1. The Bertz CT molecular complexity index is 582. The quantitative estimate of drug-likeness (QED) is 0.684. The van der Waals surface area contributed by atoms with Gasteiger partial charge < -0.3 is 4.90 Å². The molecule has 112 valence electrons. The predicted molar refractivity (Wildman–Crippen MR) is 77.7 cm³/mol. The van der Waals surface area contributed by atoms with Crippen LogP contribution in [0.1, 0.15) is 43.0 Å². The average Bonchev–Trinajstić information content (AvgIpc) is 3.08. The number of hydrogen-bond donors (Lipinski definition) is 1. The van der Waals surface area contributed by atoms with Gasteiger partial charge in [0.15, 0.2) is 0 Å². The normalized spacial score (nSPS) is 23.0. The van der Waals surface area contributed by atoms with E-state index in [2.05, 4.69) is 5.32 Å². The van der Waals surface area contributed by atoms with Crippen LogP contribution in [0.2, 0.25) is 0 Å². The molecule has 0 radical (unpaired) electrons. The molecule has 6 heteroatoms. The summed E-state index contributed by atoms with van der Waals surface area (Å²) in [5.74, 6) is 0.0927. The van der Waals surface area contributed by atoms with Crippen LogP contribution < -0.4 is 5.32 Å². The highest BCUT2D eigenvalue weighted by molar-refractivity contribution is 5.81. The smallest absolute Gasteiger partial charge is 0.272 e. The molecule has 1 saturated heterocycles. The molecule has 21 heavy (non-hydrogen) atoms. The summed E-state index contributed by atoms with van der Waals surface area (Å²) in [6.45, 7) is 2.03. The summed E-state index contributed by atoms with van der Waals surface area (Å²) in [5, 5.41) is 14.3. The number of nitro groups is 1. The van der Waals surface area contributed by atoms with E-state index in [1.807, 2.05) is 11.0 Å². The molecule has 1 N–H and O–H groups in total. The standard InChI is InChI=1S/C15H19N3O3/c1-10-6-7-11(8-13(10)18(20)21)15-16-9-14(19)17(15)12-4-2-3-5-12/h6-8,12,15-16H,2-5,9H2,1H3. The molecular formula is C15H19N3O3. The molecule has 2 aliphatic rings. The van der Waals surface area contributed by atoms with E-state index >= 15 is 0 Å². The molecule has 1 unspecified atom stereocenters. The molecular weight excluding hydrogens is 270 g/mol. The van der Waals surface area contributed by atoms with Gasteiger partial charge in [-0.3, -0.25) is 20.2 Å². The minimum absolute atomic E-state index is 0.0927. The van der Waals surface area contributed by atoms with Crippen molar-refractivity contribution < 1.29 is 9.72 Å². The fourth-order valence-electron chi connectivity index (χ4n) is 3.39. The first-order valence-electron chi connectivity index (χ1n) is 7.37. The Labute approximate surface area is 123 Å². The van der Waals surface area contributed by atoms with Crippen molar-refractivity contribution in [1.29, 1.82) is 0 Å². The zero-order valence-corrected chi connectivity index (χ0v) is 12.0. The molecule has 1 saturated carbocycles. The topological polar surface area (TPSA) is 75.5 Å². The molecule has 3 rings (SSSR count). The Morgan fingerprint density at radius 2 is 2.05 bits per heavy atom. The van der Waals surface area contributed by atoms with Gasteiger partial charge in [-0.25, -0.2) is 0 Å². The third-order valence-electron chi connectivity index (χ3n) is 4.48. The number of carbonyl (C=O) groups is 1. The molecule has 6 nitrogen and oxygen atoms in total. The van der Waals surface area contributed by atoms with Crippen molar-refractivity contribution in [2.75, 3.05) is 6.54 Å². The van der Waals surface area contributed by atoms with E-state index in [-0.39, 0.29) is 28.7 Å². The number of amides is 1. The molecule has 1 aliphatic heterocycles. The number of hydrogen-bond acceptors (Lipinski definition) is 4.